The van der Waals surface area contributed by atoms with Gasteiger partial charge in [-0.3, -0.25) is 14.5 Å². The SMILES string of the molecule is CCNC(=O)N1CCN(C(=O)c2cccc(F)c2)C1C(=O)NC1CCC(N)CC1. The highest BCUT2D eigenvalue weighted by atomic mass is 19.1. The molecular formula is C20H28FN5O3. The lowest BCUT2D eigenvalue weighted by atomic mass is 9.92. The van der Waals surface area contributed by atoms with Crippen molar-refractivity contribution in [2.24, 2.45) is 5.73 Å². The fraction of sp³-hybridized carbons (Fsp3) is 0.550. The van der Waals surface area contributed by atoms with Gasteiger partial charge in [0.25, 0.3) is 11.8 Å². The number of nitrogens with one attached hydrogen (secondary N) is 2. The Hall–Kier alpha value is -2.68. The van der Waals surface area contributed by atoms with E-state index in [0.29, 0.717) is 6.54 Å². The van der Waals surface area contributed by atoms with E-state index in [-0.39, 0.29) is 30.7 Å². The van der Waals surface area contributed by atoms with Crippen molar-refractivity contribution in [3.8, 4) is 0 Å². The van der Waals surface area contributed by atoms with Crippen LogP contribution in [0.2, 0.25) is 0 Å². The molecule has 1 aliphatic heterocycles. The molecule has 1 aromatic rings. The Morgan fingerprint density at radius 1 is 1.14 bits per heavy atom. The Morgan fingerprint density at radius 2 is 1.83 bits per heavy atom. The van der Waals surface area contributed by atoms with Crippen molar-refractivity contribution in [3.05, 3.63) is 35.6 Å². The van der Waals surface area contributed by atoms with E-state index in [0.717, 1.165) is 31.7 Å². The number of nitrogens with zero attached hydrogens (tertiary/aromatic N) is 2. The van der Waals surface area contributed by atoms with E-state index in [9.17, 15) is 18.8 Å². The van der Waals surface area contributed by atoms with Gasteiger partial charge in [0.15, 0.2) is 6.17 Å². The van der Waals surface area contributed by atoms with Crippen LogP contribution in [0, 0.1) is 5.82 Å². The lowest BCUT2D eigenvalue weighted by Gasteiger charge is -2.32. The number of carbonyl (C=O) groups excluding carboxylic acids is 3. The maximum atomic E-state index is 13.6. The first-order valence-electron chi connectivity index (χ1n) is 10.1. The van der Waals surface area contributed by atoms with Crippen molar-refractivity contribution in [3.63, 3.8) is 0 Å². The highest BCUT2D eigenvalue weighted by molar-refractivity contribution is 5.99. The number of benzene rings is 1. The molecule has 2 aliphatic rings. The van der Waals surface area contributed by atoms with Crippen LogP contribution in [0.25, 0.3) is 0 Å². The Morgan fingerprint density at radius 3 is 2.48 bits per heavy atom. The zero-order valence-electron chi connectivity index (χ0n) is 16.6. The Bertz CT molecular complexity index is 766. The molecule has 0 aromatic heterocycles. The quantitative estimate of drug-likeness (QED) is 0.695. The van der Waals surface area contributed by atoms with Crippen molar-refractivity contribution in [2.75, 3.05) is 19.6 Å². The first-order chi connectivity index (χ1) is 13.9. The zero-order valence-corrected chi connectivity index (χ0v) is 16.6. The largest absolute Gasteiger partial charge is 0.350 e. The van der Waals surface area contributed by atoms with Gasteiger partial charge in [-0.2, -0.15) is 0 Å². The van der Waals surface area contributed by atoms with E-state index in [1.165, 1.54) is 28.0 Å². The number of carbonyl (C=O) groups is 3. The number of halogens is 1. The lowest BCUT2D eigenvalue weighted by Crippen LogP contribution is -2.57. The minimum atomic E-state index is -1.08. The third kappa shape index (κ3) is 4.84. The van der Waals surface area contributed by atoms with Crippen LogP contribution in [-0.2, 0) is 4.79 Å². The number of hydrogen-bond donors (Lipinski definition) is 3. The van der Waals surface area contributed by atoms with Crippen LogP contribution in [0.1, 0.15) is 43.0 Å². The summed E-state index contributed by atoms with van der Waals surface area (Å²) >= 11 is 0. The van der Waals surface area contributed by atoms with Gasteiger partial charge >= 0.3 is 6.03 Å². The van der Waals surface area contributed by atoms with Gasteiger partial charge in [-0.25, -0.2) is 9.18 Å². The average molecular weight is 405 g/mol. The van der Waals surface area contributed by atoms with Crippen LogP contribution in [-0.4, -0.2) is 65.5 Å². The molecule has 1 aromatic carbocycles. The fourth-order valence-corrected chi connectivity index (χ4v) is 3.92. The monoisotopic (exact) mass is 405 g/mol. The fourth-order valence-electron chi connectivity index (χ4n) is 3.92. The summed E-state index contributed by atoms with van der Waals surface area (Å²) in [5.41, 5.74) is 6.07. The number of urea groups is 1. The predicted octanol–water partition coefficient (Wildman–Crippen LogP) is 1.03. The van der Waals surface area contributed by atoms with Gasteiger partial charge in [-0.1, -0.05) is 6.07 Å². The van der Waals surface area contributed by atoms with E-state index >= 15 is 0 Å². The molecule has 1 aliphatic carbocycles. The van der Waals surface area contributed by atoms with Crippen molar-refractivity contribution >= 4 is 17.8 Å². The molecular weight excluding hydrogens is 377 g/mol. The van der Waals surface area contributed by atoms with Crippen LogP contribution in [0.5, 0.6) is 0 Å². The zero-order chi connectivity index (χ0) is 21.0. The highest BCUT2D eigenvalue weighted by Crippen LogP contribution is 2.22. The molecule has 1 unspecified atom stereocenters. The number of nitrogens with two attached hydrogens (primary N) is 1. The Labute approximate surface area is 169 Å². The molecule has 4 amide bonds. The maximum Gasteiger partial charge on any atom is 0.319 e. The lowest BCUT2D eigenvalue weighted by molar-refractivity contribution is -0.129. The normalized spacial score (nSPS) is 24.3. The summed E-state index contributed by atoms with van der Waals surface area (Å²) < 4.78 is 13.6. The van der Waals surface area contributed by atoms with Crippen LogP contribution in [0.4, 0.5) is 9.18 Å². The van der Waals surface area contributed by atoms with E-state index in [4.69, 9.17) is 5.73 Å². The summed E-state index contributed by atoms with van der Waals surface area (Å²) in [4.78, 5) is 41.2. The second kappa shape index (κ2) is 9.21. The molecule has 1 saturated heterocycles. The molecule has 3 rings (SSSR count). The molecule has 0 spiro atoms. The van der Waals surface area contributed by atoms with Crippen LogP contribution < -0.4 is 16.4 Å². The van der Waals surface area contributed by atoms with Gasteiger partial charge in [0.1, 0.15) is 5.82 Å². The van der Waals surface area contributed by atoms with Gasteiger partial charge in [0, 0.05) is 37.3 Å². The first-order valence-corrected chi connectivity index (χ1v) is 10.1. The average Bonchev–Trinajstić information content (AvgIpc) is 3.14. The van der Waals surface area contributed by atoms with Crippen molar-refractivity contribution < 1.29 is 18.8 Å². The molecule has 1 atom stereocenters. The van der Waals surface area contributed by atoms with E-state index in [1.807, 2.05) is 0 Å². The molecule has 1 saturated carbocycles. The third-order valence-corrected chi connectivity index (χ3v) is 5.45. The van der Waals surface area contributed by atoms with Crippen molar-refractivity contribution in [1.29, 1.82) is 0 Å². The minimum Gasteiger partial charge on any atom is -0.350 e. The Kier molecular flexibility index (Phi) is 6.68. The summed E-state index contributed by atoms with van der Waals surface area (Å²) in [6.07, 6.45) is 2.09. The summed E-state index contributed by atoms with van der Waals surface area (Å²) in [6, 6.07) is 5.03. The smallest absolute Gasteiger partial charge is 0.319 e. The Balaban J connectivity index is 1.80. The van der Waals surface area contributed by atoms with Gasteiger partial charge in [0.2, 0.25) is 0 Å². The molecule has 9 heteroatoms. The summed E-state index contributed by atoms with van der Waals surface area (Å²) in [5, 5.41) is 5.65. The topological polar surface area (TPSA) is 108 Å². The van der Waals surface area contributed by atoms with E-state index in [2.05, 4.69) is 10.6 Å². The number of amides is 4. The standard InChI is InChI=1S/C20H28FN5O3/c1-2-23-20(29)26-11-10-25(19(28)13-4-3-5-14(21)12-13)18(26)17(27)24-16-8-6-15(22)7-9-16/h3-5,12,15-16,18H,2,6-11,22H2,1H3,(H,23,29)(H,24,27). The van der Waals surface area contributed by atoms with Crippen LogP contribution in [0.3, 0.4) is 0 Å². The summed E-state index contributed by atoms with van der Waals surface area (Å²) in [5.74, 6) is -1.42. The van der Waals surface area contributed by atoms with Crippen molar-refractivity contribution in [1.82, 2.24) is 20.4 Å². The van der Waals surface area contributed by atoms with Crippen LogP contribution >= 0.6 is 0 Å². The third-order valence-electron chi connectivity index (χ3n) is 5.45. The van der Waals surface area contributed by atoms with Gasteiger partial charge in [-0.15, -0.1) is 0 Å². The molecule has 1 heterocycles. The van der Waals surface area contributed by atoms with E-state index in [1.54, 1.807) is 6.92 Å². The molecule has 29 heavy (non-hydrogen) atoms. The minimum absolute atomic E-state index is 0.0369. The first kappa shape index (κ1) is 21.0. The molecule has 4 N–H and O–H groups in total. The summed E-state index contributed by atoms with van der Waals surface area (Å²) in [7, 11) is 0. The highest BCUT2D eigenvalue weighted by Gasteiger charge is 2.43. The molecule has 2 fully saturated rings. The molecule has 158 valence electrons. The van der Waals surface area contributed by atoms with Crippen molar-refractivity contribution in [2.45, 2.75) is 50.9 Å². The maximum absolute atomic E-state index is 13.6. The molecule has 0 radical (unpaired) electrons. The molecule has 0 bridgehead atoms. The van der Waals surface area contributed by atoms with Gasteiger partial charge in [-0.05, 0) is 50.8 Å². The second-order valence-electron chi connectivity index (χ2n) is 7.53. The predicted molar refractivity (Wildman–Crippen MR) is 105 cm³/mol. The second-order valence-corrected chi connectivity index (χ2v) is 7.53. The number of hydrogen-bond acceptors (Lipinski definition) is 4. The summed E-state index contributed by atoms with van der Waals surface area (Å²) in [6.45, 7) is 2.60. The van der Waals surface area contributed by atoms with Gasteiger partial charge in [0.05, 0.1) is 0 Å². The van der Waals surface area contributed by atoms with Gasteiger partial charge < -0.3 is 21.3 Å². The molecule has 8 nitrogen and oxygen atoms in total. The van der Waals surface area contributed by atoms with E-state index < -0.39 is 29.8 Å². The number of rotatable bonds is 4. The van der Waals surface area contributed by atoms with Crippen LogP contribution in [0.15, 0.2) is 24.3 Å².